The number of aromatic nitrogens is 5. The number of carbonyl (C=O) groups excluding carboxylic acids is 1. The van der Waals surface area contributed by atoms with Crippen LogP contribution in [0, 0.1) is 13.8 Å². The van der Waals surface area contributed by atoms with Gasteiger partial charge in [-0.3, -0.25) is 4.79 Å². The normalized spacial score (nSPS) is 11.2. The molecule has 0 saturated carbocycles. The van der Waals surface area contributed by atoms with E-state index in [1.165, 1.54) is 9.67 Å². The van der Waals surface area contributed by atoms with Gasteiger partial charge in [-0.2, -0.15) is 4.80 Å². The van der Waals surface area contributed by atoms with Crippen molar-refractivity contribution in [1.29, 1.82) is 0 Å². The predicted molar refractivity (Wildman–Crippen MR) is 103 cm³/mol. The number of rotatable bonds is 6. The average Bonchev–Trinajstić information content (AvgIpc) is 3.40. The first kappa shape index (κ1) is 16.9. The highest BCUT2D eigenvalue weighted by molar-refractivity contribution is 7.13. The lowest BCUT2D eigenvalue weighted by atomic mass is 10.1. The number of nitrogens with zero attached hydrogens (tertiary/aromatic N) is 5. The minimum atomic E-state index is -0.00865. The maximum atomic E-state index is 12.8. The monoisotopic (exact) mass is 383 g/mol. The molecular formula is C18H17N5OS2. The van der Waals surface area contributed by atoms with E-state index in [2.05, 4.69) is 31.4 Å². The molecule has 0 radical (unpaired) electrons. The quantitative estimate of drug-likeness (QED) is 0.475. The van der Waals surface area contributed by atoms with Gasteiger partial charge in [-0.1, -0.05) is 12.1 Å². The zero-order chi connectivity index (χ0) is 18.1. The van der Waals surface area contributed by atoms with Crippen molar-refractivity contribution < 1.29 is 4.79 Å². The van der Waals surface area contributed by atoms with Crippen LogP contribution in [0.1, 0.15) is 26.6 Å². The van der Waals surface area contributed by atoms with Gasteiger partial charge in [0.25, 0.3) is 0 Å². The van der Waals surface area contributed by atoms with Gasteiger partial charge in [0.1, 0.15) is 6.54 Å². The van der Waals surface area contributed by atoms with Crippen LogP contribution >= 0.6 is 22.7 Å². The maximum Gasteiger partial charge on any atom is 0.214 e. The number of ketones is 1. The van der Waals surface area contributed by atoms with E-state index in [1.807, 2.05) is 43.5 Å². The molecule has 8 heteroatoms. The second-order valence-corrected chi connectivity index (χ2v) is 7.97. The van der Waals surface area contributed by atoms with Gasteiger partial charge >= 0.3 is 0 Å². The molecule has 0 unspecified atom stereocenters. The number of hydrogen-bond donors (Lipinski definition) is 0. The van der Waals surface area contributed by atoms with E-state index in [9.17, 15) is 4.79 Å². The van der Waals surface area contributed by atoms with Gasteiger partial charge in [0.15, 0.2) is 5.78 Å². The Labute approximate surface area is 158 Å². The minimum Gasteiger partial charge on any atom is -0.343 e. The summed E-state index contributed by atoms with van der Waals surface area (Å²) in [5.41, 5.74) is 2.76. The lowest BCUT2D eigenvalue weighted by molar-refractivity contribution is 0.0960. The fraction of sp³-hybridized carbons (Fsp3) is 0.222. The third kappa shape index (κ3) is 3.25. The molecule has 0 fully saturated rings. The van der Waals surface area contributed by atoms with Gasteiger partial charge < -0.3 is 4.57 Å². The number of carbonyl (C=O) groups is 1. The Morgan fingerprint density at radius 3 is 2.69 bits per heavy atom. The molecule has 4 aromatic rings. The summed E-state index contributed by atoms with van der Waals surface area (Å²) in [5, 5.41) is 16.4. The van der Waals surface area contributed by atoms with E-state index in [0.29, 0.717) is 11.4 Å². The summed E-state index contributed by atoms with van der Waals surface area (Å²) in [6.45, 7) is 4.88. The molecule has 0 atom stereocenters. The molecule has 4 heterocycles. The Hall–Kier alpha value is -2.58. The maximum absolute atomic E-state index is 12.8. The van der Waals surface area contributed by atoms with Gasteiger partial charge in [-0.15, -0.1) is 32.9 Å². The van der Waals surface area contributed by atoms with Crippen molar-refractivity contribution >= 4 is 28.5 Å². The van der Waals surface area contributed by atoms with Crippen molar-refractivity contribution in [2.75, 3.05) is 0 Å². The Morgan fingerprint density at radius 1 is 1.15 bits per heavy atom. The second kappa shape index (κ2) is 6.97. The average molecular weight is 384 g/mol. The summed E-state index contributed by atoms with van der Waals surface area (Å²) in [4.78, 5) is 16.3. The highest BCUT2D eigenvalue weighted by atomic mass is 32.1. The van der Waals surface area contributed by atoms with E-state index in [4.69, 9.17) is 0 Å². The van der Waals surface area contributed by atoms with Crippen LogP contribution in [0.2, 0.25) is 0 Å². The summed E-state index contributed by atoms with van der Waals surface area (Å²) in [6.07, 6.45) is 0. The van der Waals surface area contributed by atoms with Crippen molar-refractivity contribution in [3.8, 4) is 10.7 Å². The zero-order valence-corrected chi connectivity index (χ0v) is 16.0. The van der Waals surface area contributed by atoms with E-state index >= 15 is 0 Å². The number of tetrazole rings is 1. The molecule has 4 rings (SSSR count). The first-order chi connectivity index (χ1) is 12.6. The van der Waals surface area contributed by atoms with Crippen LogP contribution in [-0.2, 0) is 13.1 Å². The van der Waals surface area contributed by atoms with Crippen LogP contribution < -0.4 is 0 Å². The van der Waals surface area contributed by atoms with Gasteiger partial charge in [0.05, 0.1) is 11.4 Å². The van der Waals surface area contributed by atoms with Gasteiger partial charge in [-0.05, 0) is 48.0 Å². The summed E-state index contributed by atoms with van der Waals surface area (Å²) in [6, 6.07) is 9.97. The number of thiophene rings is 2. The van der Waals surface area contributed by atoms with E-state index in [0.717, 1.165) is 22.8 Å². The smallest absolute Gasteiger partial charge is 0.214 e. The summed E-state index contributed by atoms with van der Waals surface area (Å²) in [7, 11) is 0. The molecule has 0 aliphatic carbocycles. The molecule has 4 aromatic heterocycles. The van der Waals surface area contributed by atoms with Gasteiger partial charge in [0, 0.05) is 21.8 Å². The lowest BCUT2D eigenvalue weighted by Gasteiger charge is -2.08. The SMILES string of the molecule is Cc1cc(C(=O)Cn2nnc(-c3cccs3)n2)c(C)n1Cc1cccs1. The molecule has 0 aliphatic heterocycles. The van der Waals surface area contributed by atoms with E-state index < -0.39 is 0 Å². The molecular weight excluding hydrogens is 366 g/mol. The molecule has 0 saturated heterocycles. The highest BCUT2D eigenvalue weighted by Crippen LogP contribution is 2.21. The van der Waals surface area contributed by atoms with Crippen LogP contribution in [0.5, 0.6) is 0 Å². The molecule has 0 aromatic carbocycles. The third-order valence-corrected chi connectivity index (χ3v) is 5.97. The van der Waals surface area contributed by atoms with Gasteiger partial charge in [-0.25, -0.2) is 0 Å². The molecule has 132 valence electrons. The van der Waals surface area contributed by atoms with Crippen molar-refractivity contribution in [2.24, 2.45) is 0 Å². The van der Waals surface area contributed by atoms with Crippen LogP contribution in [0.3, 0.4) is 0 Å². The number of hydrogen-bond acceptors (Lipinski definition) is 6. The Bertz CT molecular complexity index is 1030. The fourth-order valence-corrected chi connectivity index (χ4v) is 4.25. The molecule has 0 spiro atoms. The van der Waals surface area contributed by atoms with Gasteiger partial charge in [0.2, 0.25) is 5.82 Å². The summed E-state index contributed by atoms with van der Waals surface area (Å²) < 4.78 is 2.17. The van der Waals surface area contributed by atoms with Crippen LogP contribution in [0.25, 0.3) is 10.7 Å². The molecule has 26 heavy (non-hydrogen) atoms. The van der Waals surface area contributed by atoms with Crippen molar-refractivity contribution in [1.82, 2.24) is 24.8 Å². The number of Topliss-reactive ketones (excluding diaryl/α,β-unsaturated/α-hetero) is 1. The largest absolute Gasteiger partial charge is 0.343 e. The topological polar surface area (TPSA) is 65.6 Å². The summed E-state index contributed by atoms with van der Waals surface area (Å²) >= 11 is 3.27. The lowest BCUT2D eigenvalue weighted by Crippen LogP contribution is -2.14. The standard InChI is InChI=1S/C18H17N5OS2/c1-12-9-15(13(2)22(12)10-14-5-3-7-25-14)16(24)11-23-20-18(19-21-23)17-6-4-8-26-17/h3-9H,10-11H2,1-2H3. The highest BCUT2D eigenvalue weighted by Gasteiger charge is 2.18. The second-order valence-electron chi connectivity index (χ2n) is 5.99. The van der Waals surface area contributed by atoms with E-state index in [-0.39, 0.29) is 12.3 Å². The predicted octanol–water partition coefficient (Wildman–Crippen LogP) is 3.81. The third-order valence-electron chi connectivity index (χ3n) is 4.25. The Morgan fingerprint density at radius 2 is 1.96 bits per heavy atom. The minimum absolute atomic E-state index is 0.00865. The molecule has 6 nitrogen and oxygen atoms in total. The van der Waals surface area contributed by atoms with Crippen molar-refractivity contribution in [3.05, 3.63) is 62.9 Å². The van der Waals surface area contributed by atoms with Crippen LogP contribution in [0.15, 0.2) is 41.1 Å². The van der Waals surface area contributed by atoms with Crippen molar-refractivity contribution in [3.63, 3.8) is 0 Å². The first-order valence-corrected chi connectivity index (χ1v) is 9.92. The van der Waals surface area contributed by atoms with Crippen molar-refractivity contribution in [2.45, 2.75) is 26.9 Å². The zero-order valence-electron chi connectivity index (χ0n) is 14.4. The molecule has 0 amide bonds. The molecule has 0 bridgehead atoms. The van der Waals surface area contributed by atoms with Crippen LogP contribution in [0.4, 0.5) is 0 Å². The van der Waals surface area contributed by atoms with E-state index in [1.54, 1.807) is 22.7 Å². The Kier molecular flexibility index (Phi) is 4.52. The first-order valence-electron chi connectivity index (χ1n) is 8.16. The Balaban J connectivity index is 1.53. The number of aryl methyl sites for hydroxylation is 1. The fourth-order valence-electron chi connectivity index (χ4n) is 2.91. The molecule has 0 N–H and O–H groups in total. The van der Waals surface area contributed by atoms with Crippen LogP contribution in [-0.4, -0.2) is 30.6 Å². The molecule has 0 aliphatic rings. The summed E-state index contributed by atoms with van der Waals surface area (Å²) in [5.74, 6) is 0.543.